The van der Waals surface area contributed by atoms with Gasteiger partial charge in [-0.2, -0.15) is 0 Å². The zero-order valence-electron chi connectivity index (χ0n) is 14.9. The molecule has 0 saturated heterocycles. The monoisotopic (exact) mass is 325 g/mol. The highest BCUT2D eigenvalue weighted by atomic mass is 16.5. The van der Waals surface area contributed by atoms with Crippen LogP contribution in [-0.2, 0) is 12.8 Å². The van der Waals surface area contributed by atoms with Gasteiger partial charge in [0.1, 0.15) is 11.5 Å². The van der Waals surface area contributed by atoms with E-state index < -0.39 is 0 Å². The second-order valence-corrected chi connectivity index (χ2v) is 6.39. The minimum atomic E-state index is 0.540. The van der Waals surface area contributed by atoms with Crippen molar-refractivity contribution in [3.8, 4) is 11.5 Å². The summed E-state index contributed by atoms with van der Waals surface area (Å²) in [6.45, 7) is 3.33. The Balaban J connectivity index is 1.84. The third-order valence-electron chi connectivity index (χ3n) is 4.94. The van der Waals surface area contributed by atoms with E-state index in [0.29, 0.717) is 6.04 Å². The van der Waals surface area contributed by atoms with Gasteiger partial charge in [-0.15, -0.1) is 0 Å². The number of fused-ring (bicyclic) bond motifs is 1. The summed E-state index contributed by atoms with van der Waals surface area (Å²) in [4.78, 5) is 2.56. The van der Waals surface area contributed by atoms with Gasteiger partial charge in [-0.05, 0) is 67.1 Å². The van der Waals surface area contributed by atoms with Gasteiger partial charge in [0.2, 0.25) is 0 Å². The van der Waals surface area contributed by atoms with Gasteiger partial charge < -0.3 is 14.4 Å². The maximum atomic E-state index is 5.54. The van der Waals surface area contributed by atoms with Gasteiger partial charge >= 0.3 is 0 Å². The maximum Gasteiger partial charge on any atom is 0.122 e. The summed E-state index contributed by atoms with van der Waals surface area (Å²) in [5.41, 5.74) is 4.11. The zero-order valence-corrected chi connectivity index (χ0v) is 14.9. The highest BCUT2D eigenvalue weighted by Crippen LogP contribution is 2.33. The summed E-state index contributed by atoms with van der Waals surface area (Å²) in [5.74, 6) is 1.95. The molecule has 0 radical (unpaired) electrons. The fourth-order valence-corrected chi connectivity index (χ4v) is 3.75. The molecule has 0 aliphatic heterocycles. The van der Waals surface area contributed by atoms with E-state index >= 15 is 0 Å². The number of ether oxygens (including phenoxy) is 2. The second-order valence-electron chi connectivity index (χ2n) is 6.39. The van der Waals surface area contributed by atoms with Gasteiger partial charge in [-0.25, -0.2) is 0 Å². The summed E-state index contributed by atoms with van der Waals surface area (Å²) in [7, 11) is 3.48. The normalized spacial score (nSPS) is 16.4. The molecule has 0 heterocycles. The Kier molecular flexibility index (Phi) is 5.29. The molecule has 128 valence electrons. The summed E-state index contributed by atoms with van der Waals surface area (Å²) in [6, 6.07) is 15.4. The van der Waals surface area contributed by atoms with E-state index in [4.69, 9.17) is 9.47 Å². The Bertz CT molecular complexity index is 666. The van der Waals surface area contributed by atoms with Crippen LogP contribution in [0.25, 0.3) is 0 Å². The van der Waals surface area contributed by atoms with Gasteiger partial charge in [0.25, 0.3) is 0 Å². The van der Waals surface area contributed by atoms with Gasteiger partial charge in [0.15, 0.2) is 0 Å². The van der Waals surface area contributed by atoms with Crippen LogP contribution in [0.4, 0.5) is 5.69 Å². The van der Waals surface area contributed by atoms with Gasteiger partial charge in [0, 0.05) is 18.3 Å². The molecule has 0 fully saturated rings. The average molecular weight is 325 g/mol. The van der Waals surface area contributed by atoms with Crippen molar-refractivity contribution in [1.82, 2.24) is 0 Å². The van der Waals surface area contributed by atoms with Crippen molar-refractivity contribution >= 4 is 5.69 Å². The van der Waals surface area contributed by atoms with Crippen LogP contribution in [0.2, 0.25) is 0 Å². The number of nitrogens with zero attached hydrogens (tertiary/aromatic N) is 1. The van der Waals surface area contributed by atoms with Crippen LogP contribution in [0.15, 0.2) is 42.5 Å². The van der Waals surface area contributed by atoms with E-state index in [1.54, 1.807) is 14.2 Å². The standard InChI is InChI=1S/C21H27NO2/c1-4-14-22(17-8-11-19(23-2)12-9-17)18-10-13-20-16(15-18)6-5-7-21(20)24-3/h5-9,11-12,18H,4,10,13-15H2,1-3H3/t18-/m0/s1. The summed E-state index contributed by atoms with van der Waals surface area (Å²) in [5, 5.41) is 0. The lowest BCUT2D eigenvalue weighted by Gasteiger charge is -2.37. The SMILES string of the molecule is CCCN(c1ccc(OC)cc1)[C@H]1CCc2c(cccc2OC)C1. The second kappa shape index (κ2) is 7.61. The first-order chi connectivity index (χ1) is 11.8. The molecule has 0 spiro atoms. The number of methoxy groups -OCH3 is 2. The predicted octanol–water partition coefficient (Wildman–Crippen LogP) is 4.48. The van der Waals surface area contributed by atoms with Crippen LogP contribution in [0, 0.1) is 0 Å². The van der Waals surface area contributed by atoms with E-state index in [2.05, 4.69) is 54.3 Å². The van der Waals surface area contributed by atoms with Crippen molar-refractivity contribution in [2.24, 2.45) is 0 Å². The first-order valence-electron chi connectivity index (χ1n) is 8.82. The van der Waals surface area contributed by atoms with Crippen LogP contribution in [0.1, 0.15) is 30.9 Å². The lowest BCUT2D eigenvalue weighted by atomic mass is 9.86. The average Bonchev–Trinajstić information content (AvgIpc) is 2.65. The van der Waals surface area contributed by atoms with Crippen molar-refractivity contribution in [2.45, 2.75) is 38.6 Å². The molecule has 0 N–H and O–H groups in total. The molecule has 3 heteroatoms. The van der Waals surface area contributed by atoms with Crippen molar-refractivity contribution in [3.05, 3.63) is 53.6 Å². The molecule has 0 bridgehead atoms. The Morgan fingerprint density at radius 3 is 2.50 bits per heavy atom. The predicted molar refractivity (Wildman–Crippen MR) is 99.4 cm³/mol. The summed E-state index contributed by atoms with van der Waals surface area (Å²) >= 11 is 0. The van der Waals surface area contributed by atoms with Crippen LogP contribution in [0.3, 0.4) is 0 Å². The largest absolute Gasteiger partial charge is 0.497 e. The van der Waals surface area contributed by atoms with Crippen molar-refractivity contribution in [1.29, 1.82) is 0 Å². The smallest absolute Gasteiger partial charge is 0.122 e. The number of hydrogen-bond acceptors (Lipinski definition) is 3. The Labute approximate surface area is 145 Å². The molecule has 0 unspecified atom stereocenters. The molecule has 3 nitrogen and oxygen atoms in total. The molecule has 1 atom stereocenters. The summed E-state index contributed by atoms with van der Waals surface area (Å²) in [6.07, 6.45) is 4.48. The van der Waals surface area contributed by atoms with Crippen molar-refractivity contribution < 1.29 is 9.47 Å². The minimum Gasteiger partial charge on any atom is -0.497 e. The number of anilines is 1. The molecular formula is C21H27NO2. The van der Waals surface area contributed by atoms with Crippen LogP contribution >= 0.6 is 0 Å². The minimum absolute atomic E-state index is 0.540. The first-order valence-corrected chi connectivity index (χ1v) is 8.82. The third-order valence-corrected chi connectivity index (χ3v) is 4.94. The van der Waals surface area contributed by atoms with E-state index in [0.717, 1.165) is 37.3 Å². The summed E-state index contributed by atoms with van der Waals surface area (Å²) < 4.78 is 10.8. The van der Waals surface area contributed by atoms with E-state index in [-0.39, 0.29) is 0 Å². The lowest BCUT2D eigenvalue weighted by molar-refractivity contribution is 0.402. The maximum absolute atomic E-state index is 5.54. The van der Waals surface area contributed by atoms with Gasteiger partial charge in [-0.3, -0.25) is 0 Å². The fourth-order valence-electron chi connectivity index (χ4n) is 3.75. The first kappa shape index (κ1) is 16.7. The Morgan fingerprint density at radius 2 is 1.83 bits per heavy atom. The molecule has 2 aromatic carbocycles. The van der Waals surface area contributed by atoms with E-state index in [1.807, 2.05) is 0 Å². The van der Waals surface area contributed by atoms with Crippen LogP contribution in [-0.4, -0.2) is 26.8 Å². The van der Waals surface area contributed by atoms with Crippen molar-refractivity contribution in [3.63, 3.8) is 0 Å². The highest BCUT2D eigenvalue weighted by Gasteiger charge is 2.25. The zero-order chi connectivity index (χ0) is 16.9. The number of hydrogen-bond donors (Lipinski definition) is 0. The molecular weight excluding hydrogens is 298 g/mol. The Hall–Kier alpha value is -2.16. The molecule has 1 aliphatic rings. The number of benzene rings is 2. The molecule has 1 aliphatic carbocycles. The third kappa shape index (κ3) is 3.35. The molecule has 0 amide bonds. The number of rotatable bonds is 6. The van der Waals surface area contributed by atoms with Crippen LogP contribution < -0.4 is 14.4 Å². The van der Waals surface area contributed by atoms with Crippen molar-refractivity contribution in [2.75, 3.05) is 25.7 Å². The highest BCUT2D eigenvalue weighted by molar-refractivity contribution is 5.51. The fraction of sp³-hybridized carbons (Fsp3) is 0.429. The lowest BCUT2D eigenvalue weighted by Crippen LogP contribution is -2.40. The van der Waals surface area contributed by atoms with E-state index in [9.17, 15) is 0 Å². The topological polar surface area (TPSA) is 21.7 Å². The molecule has 24 heavy (non-hydrogen) atoms. The molecule has 3 rings (SSSR count). The van der Waals surface area contributed by atoms with Gasteiger partial charge in [0.05, 0.1) is 14.2 Å². The molecule has 0 aromatic heterocycles. The molecule has 0 saturated carbocycles. The quantitative estimate of drug-likeness (QED) is 0.782. The van der Waals surface area contributed by atoms with Gasteiger partial charge in [-0.1, -0.05) is 19.1 Å². The van der Waals surface area contributed by atoms with Crippen LogP contribution in [0.5, 0.6) is 11.5 Å². The Morgan fingerprint density at radius 1 is 1.04 bits per heavy atom. The van der Waals surface area contributed by atoms with E-state index in [1.165, 1.54) is 23.2 Å². The molecule has 2 aromatic rings.